The van der Waals surface area contributed by atoms with Gasteiger partial charge in [0.15, 0.2) is 0 Å². The first-order valence-electron chi connectivity index (χ1n) is 6.25. The van der Waals surface area contributed by atoms with Gasteiger partial charge >= 0.3 is 0 Å². The Balaban J connectivity index is 2.22. The Morgan fingerprint density at radius 3 is 2.88 bits per heavy atom. The summed E-state index contributed by atoms with van der Waals surface area (Å²) >= 11 is 0. The minimum atomic E-state index is -0.178. The molecule has 0 bridgehead atoms. The van der Waals surface area contributed by atoms with E-state index in [1.807, 2.05) is 6.92 Å². The van der Waals surface area contributed by atoms with Gasteiger partial charge in [-0.25, -0.2) is 0 Å². The van der Waals surface area contributed by atoms with Crippen LogP contribution in [-0.4, -0.2) is 51.5 Å². The fourth-order valence-corrected chi connectivity index (χ4v) is 1.98. The van der Waals surface area contributed by atoms with Crippen molar-refractivity contribution in [2.75, 3.05) is 33.5 Å². The minimum Gasteiger partial charge on any atom is -0.383 e. The highest BCUT2D eigenvalue weighted by Crippen LogP contribution is 2.16. The third-order valence-corrected chi connectivity index (χ3v) is 3.18. The number of amides is 1. The maximum atomic E-state index is 11.7. The Labute approximate surface area is 103 Å². The van der Waals surface area contributed by atoms with Gasteiger partial charge in [-0.1, -0.05) is 0 Å². The summed E-state index contributed by atoms with van der Waals surface area (Å²) < 4.78 is 10.2. The Morgan fingerprint density at radius 2 is 2.29 bits per heavy atom. The molecular weight excluding hydrogens is 220 g/mol. The van der Waals surface area contributed by atoms with Crippen molar-refractivity contribution in [2.45, 2.75) is 32.4 Å². The number of methoxy groups -OCH3 is 1. The van der Waals surface area contributed by atoms with Crippen LogP contribution in [0.5, 0.6) is 0 Å². The van der Waals surface area contributed by atoms with Gasteiger partial charge in [-0.3, -0.25) is 4.79 Å². The Hall–Kier alpha value is -0.650. The number of hydrogen-bond acceptors (Lipinski definition) is 4. The SMILES string of the molecule is COCCNC(=O)C(C)NC(C)C1CCOC1. The van der Waals surface area contributed by atoms with E-state index in [0.717, 1.165) is 19.6 Å². The monoisotopic (exact) mass is 244 g/mol. The zero-order chi connectivity index (χ0) is 12.7. The van der Waals surface area contributed by atoms with Crippen LogP contribution in [0.2, 0.25) is 0 Å². The van der Waals surface area contributed by atoms with Crippen molar-refractivity contribution in [3.8, 4) is 0 Å². The average molecular weight is 244 g/mol. The predicted octanol–water partition coefficient (Wildman–Crippen LogP) is 0.152. The zero-order valence-corrected chi connectivity index (χ0v) is 11.0. The lowest BCUT2D eigenvalue weighted by molar-refractivity contribution is -0.123. The quantitative estimate of drug-likeness (QED) is 0.626. The highest BCUT2D eigenvalue weighted by atomic mass is 16.5. The molecule has 0 aromatic heterocycles. The van der Waals surface area contributed by atoms with Crippen LogP contribution in [0.25, 0.3) is 0 Å². The van der Waals surface area contributed by atoms with Gasteiger partial charge in [0, 0.05) is 26.3 Å². The lowest BCUT2D eigenvalue weighted by Crippen LogP contribution is -2.48. The zero-order valence-electron chi connectivity index (χ0n) is 11.0. The molecule has 1 aliphatic rings. The van der Waals surface area contributed by atoms with E-state index >= 15 is 0 Å². The molecule has 1 amide bonds. The summed E-state index contributed by atoms with van der Waals surface area (Å²) in [7, 11) is 1.62. The smallest absolute Gasteiger partial charge is 0.236 e. The summed E-state index contributed by atoms with van der Waals surface area (Å²) in [6.07, 6.45) is 1.08. The van der Waals surface area contributed by atoms with Crippen LogP contribution in [0.3, 0.4) is 0 Å². The maximum Gasteiger partial charge on any atom is 0.236 e. The molecule has 3 atom stereocenters. The summed E-state index contributed by atoms with van der Waals surface area (Å²) in [6, 6.07) is 0.128. The molecule has 2 N–H and O–H groups in total. The molecule has 0 spiro atoms. The average Bonchev–Trinajstić information content (AvgIpc) is 2.82. The molecule has 17 heavy (non-hydrogen) atoms. The standard InChI is InChI=1S/C12H24N2O3/c1-9(11-4-6-17-8-11)14-10(2)12(15)13-5-7-16-3/h9-11,14H,4-8H2,1-3H3,(H,13,15). The van der Waals surface area contributed by atoms with Crippen molar-refractivity contribution in [1.82, 2.24) is 10.6 Å². The van der Waals surface area contributed by atoms with Crippen LogP contribution in [0.4, 0.5) is 0 Å². The van der Waals surface area contributed by atoms with E-state index in [1.165, 1.54) is 0 Å². The summed E-state index contributed by atoms with van der Waals surface area (Å²) in [5, 5.41) is 6.14. The molecule has 0 aromatic carbocycles. The van der Waals surface area contributed by atoms with Crippen molar-refractivity contribution in [3.05, 3.63) is 0 Å². The fraction of sp³-hybridized carbons (Fsp3) is 0.917. The van der Waals surface area contributed by atoms with Gasteiger partial charge in [0.1, 0.15) is 0 Å². The third-order valence-electron chi connectivity index (χ3n) is 3.18. The first kappa shape index (κ1) is 14.4. The second-order valence-electron chi connectivity index (χ2n) is 4.58. The second kappa shape index (κ2) is 7.63. The fourth-order valence-electron chi connectivity index (χ4n) is 1.98. The molecule has 0 saturated carbocycles. The number of carbonyl (C=O) groups is 1. The number of hydrogen-bond donors (Lipinski definition) is 2. The minimum absolute atomic E-state index is 0.0211. The van der Waals surface area contributed by atoms with E-state index in [9.17, 15) is 4.79 Å². The van der Waals surface area contributed by atoms with Crippen molar-refractivity contribution < 1.29 is 14.3 Å². The largest absolute Gasteiger partial charge is 0.383 e. The van der Waals surface area contributed by atoms with Crippen LogP contribution in [0, 0.1) is 5.92 Å². The van der Waals surface area contributed by atoms with Crippen LogP contribution in [0.1, 0.15) is 20.3 Å². The van der Waals surface area contributed by atoms with Gasteiger partial charge in [-0.15, -0.1) is 0 Å². The Morgan fingerprint density at radius 1 is 1.53 bits per heavy atom. The molecule has 3 unspecified atom stereocenters. The summed E-state index contributed by atoms with van der Waals surface area (Å²) in [6.45, 7) is 6.73. The van der Waals surface area contributed by atoms with Crippen LogP contribution in [-0.2, 0) is 14.3 Å². The first-order chi connectivity index (χ1) is 8.15. The normalized spacial score (nSPS) is 23.4. The molecule has 100 valence electrons. The molecule has 1 aliphatic heterocycles. The van der Waals surface area contributed by atoms with Gasteiger partial charge in [0.25, 0.3) is 0 Å². The van der Waals surface area contributed by atoms with Gasteiger partial charge in [-0.2, -0.15) is 0 Å². The summed E-state index contributed by atoms with van der Waals surface area (Å²) in [5.41, 5.74) is 0. The highest BCUT2D eigenvalue weighted by Gasteiger charge is 2.24. The van der Waals surface area contributed by atoms with Crippen LogP contribution >= 0.6 is 0 Å². The molecule has 0 radical (unpaired) electrons. The van der Waals surface area contributed by atoms with E-state index in [1.54, 1.807) is 7.11 Å². The van der Waals surface area contributed by atoms with Crippen molar-refractivity contribution in [1.29, 1.82) is 0 Å². The van der Waals surface area contributed by atoms with E-state index < -0.39 is 0 Å². The van der Waals surface area contributed by atoms with Crippen molar-refractivity contribution in [2.24, 2.45) is 5.92 Å². The number of rotatable bonds is 7. The summed E-state index contributed by atoms with van der Waals surface area (Å²) in [5.74, 6) is 0.539. The maximum absolute atomic E-state index is 11.7. The highest BCUT2D eigenvalue weighted by molar-refractivity contribution is 5.81. The molecule has 0 aliphatic carbocycles. The van der Waals surface area contributed by atoms with Gasteiger partial charge < -0.3 is 20.1 Å². The van der Waals surface area contributed by atoms with Gasteiger partial charge in [0.05, 0.1) is 19.3 Å². The Kier molecular flexibility index (Phi) is 6.47. The van der Waals surface area contributed by atoms with Crippen molar-refractivity contribution >= 4 is 5.91 Å². The van der Waals surface area contributed by atoms with Gasteiger partial charge in [-0.05, 0) is 26.2 Å². The topological polar surface area (TPSA) is 59.6 Å². The molecule has 1 heterocycles. The van der Waals surface area contributed by atoms with Gasteiger partial charge in [0.2, 0.25) is 5.91 Å². The van der Waals surface area contributed by atoms with E-state index in [-0.39, 0.29) is 11.9 Å². The van der Waals surface area contributed by atoms with Crippen LogP contribution in [0.15, 0.2) is 0 Å². The number of carbonyl (C=O) groups excluding carboxylic acids is 1. The molecule has 1 rings (SSSR count). The lowest BCUT2D eigenvalue weighted by atomic mass is 10.00. The molecule has 1 fully saturated rings. The van der Waals surface area contributed by atoms with Crippen LogP contribution < -0.4 is 10.6 Å². The molecule has 5 nitrogen and oxygen atoms in total. The second-order valence-corrected chi connectivity index (χ2v) is 4.58. The third kappa shape index (κ3) is 5.02. The Bertz CT molecular complexity index is 230. The van der Waals surface area contributed by atoms with E-state index in [4.69, 9.17) is 9.47 Å². The van der Waals surface area contributed by atoms with E-state index in [2.05, 4.69) is 17.6 Å². The van der Waals surface area contributed by atoms with Crippen molar-refractivity contribution in [3.63, 3.8) is 0 Å². The molecular formula is C12H24N2O3. The molecule has 1 saturated heterocycles. The molecule has 0 aromatic rings. The summed E-state index contributed by atoms with van der Waals surface area (Å²) in [4.78, 5) is 11.7. The lowest BCUT2D eigenvalue weighted by Gasteiger charge is -2.23. The number of ether oxygens (including phenoxy) is 2. The molecule has 5 heteroatoms. The predicted molar refractivity (Wildman–Crippen MR) is 65.9 cm³/mol. The first-order valence-corrected chi connectivity index (χ1v) is 6.25. The van der Waals surface area contributed by atoms with E-state index in [0.29, 0.717) is 25.1 Å². The number of nitrogens with one attached hydrogen (secondary N) is 2.